The van der Waals surface area contributed by atoms with Crippen molar-refractivity contribution in [1.29, 1.82) is 0 Å². The predicted octanol–water partition coefficient (Wildman–Crippen LogP) is -1.76. The Hall–Kier alpha value is -2.29. The van der Waals surface area contributed by atoms with Gasteiger partial charge in [0.05, 0.1) is 13.2 Å². The lowest BCUT2D eigenvalue weighted by atomic mass is 10.4. The summed E-state index contributed by atoms with van der Waals surface area (Å²) in [5, 5.41) is 7.71. The lowest BCUT2D eigenvalue weighted by Crippen LogP contribution is -2.38. The molecule has 3 rings (SSSR count). The molecule has 0 saturated carbocycles. The molecule has 9 heteroatoms. The van der Waals surface area contributed by atoms with E-state index in [1.54, 1.807) is 0 Å². The molecule has 94 valence electrons. The quantitative estimate of drug-likeness (QED) is 0.615. The van der Waals surface area contributed by atoms with Crippen molar-refractivity contribution in [1.82, 2.24) is 25.1 Å². The Labute approximate surface area is 99.8 Å². The molecule has 1 aliphatic rings. The number of fused-ring (bicyclic) bond motifs is 1. The average Bonchev–Trinajstić information content (AvgIpc) is 2.39. The van der Waals surface area contributed by atoms with Crippen LogP contribution in [-0.2, 0) is 4.74 Å². The Morgan fingerprint density at radius 3 is 2.67 bits per heavy atom. The molecule has 0 spiro atoms. The van der Waals surface area contributed by atoms with Crippen LogP contribution in [0, 0.1) is 0 Å². The number of aromatic nitrogens is 5. The largest absolute Gasteiger partial charge is 0.378 e. The van der Waals surface area contributed by atoms with Crippen LogP contribution < -0.4 is 16.1 Å². The molecule has 9 nitrogen and oxygen atoms in total. The van der Waals surface area contributed by atoms with Crippen molar-refractivity contribution >= 4 is 17.1 Å². The van der Waals surface area contributed by atoms with E-state index in [-0.39, 0.29) is 11.2 Å². The van der Waals surface area contributed by atoms with Crippen molar-refractivity contribution in [3.05, 3.63) is 20.8 Å². The van der Waals surface area contributed by atoms with Gasteiger partial charge in [0.1, 0.15) is 0 Å². The van der Waals surface area contributed by atoms with Gasteiger partial charge in [0, 0.05) is 13.1 Å². The average molecular weight is 250 g/mol. The molecule has 2 aromatic rings. The van der Waals surface area contributed by atoms with Crippen LogP contribution in [-0.4, -0.2) is 51.5 Å². The van der Waals surface area contributed by atoms with E-state index in [0.29, 0.717) is 32.3 Å². The first kappa shape index (κ1) is 10.8. The van der Waals surface area contributed by atoms with Crippen LogP contribution in [0.1, 0.15) is 0 Å². The Balaban J connectivity index is 2.10. The Morgan fingerprint density at radius 1 is 1.11 bits per heavy atom. The molecule has 18 heavy (non-hydrogen) atoms. The number of rotatable bonds is 1. The summed E-state index contributed by atoms with van der Waals surface area (Å²) in [5.74, 6) is 0.364. The van der Waals surface area contributed by atoms with E-state index in [2.05, 4.69) is 25.1 Å². The summed E-state index contributed by atoms with van der Waals surface area (Å²) < 4.78 is 5.22. The first-order valence-corrected chi connectivity index (χ1v) is 5.44. The Kier molecular flexibility index (Phi) is 2.52. The number of ether oxygens (including phenoxy) is 1. The van der Waals surface area contributed by atoms with E-state index in [0.717, 1.165) is 0 Å². The minimum absolute atomic E-state index is 0.0751. The van der Waals surface area contributed by atoms with Gasteiger partial charge in [-0.1, -0.05) is 0 Å². The minimum atomic E-state index is -0.622. The first-order chi connectivity index (χ1) is 8.74. The van der Waals surface area contributed by atoms with Crippen molar-refractivity contribution in [2.24, 2.45) is 0 Å². The van der Waals surface area contributed by atoms with Crippen LogP contribution in [0.15, 0.2) is 9.59 Å². The lowest BCUT2D eigenvalue weighted by Gasteiger charge is -2.26. The molecular weight excluding hydrogens is 240 g/mol. The number of H-pyrrole nitrogens is 2. The van der Waals surface area contributed by atoms with Gasteiger partial charge in [-0.15, -0.1) is 10.2 Å². The normalized spacial score (nSPS) is 16.1. The zero-order valence-corrected chi connectivity index (χ0v) is 9.34. The number of nitrogens with one attached hydrogen (secondary N) is 2. The minimum Gasteiger partial charge on any atom is -0.378 e. The summed E-state index contributed by atoms with van der Waals surface area (Å²) in [6, 6.07) is 0. The second kappa shape index (κ2) is 4.18. The van der Waals surface area contributed by atoms with Crippen LogP contribution in [0.4, 0.5) is 5.95 Å². The lowest BCUT2D eigenvalue weighted by molar-refractivity contribution is 0.122. The van der Waals surface area contributed by atoms with E-state index < -0.39 is 11.2 Å². The van der Waals surface area contributed by atoms with Gasteiger partial charge in [0.25, 0.3) is 5.56 Å². The molecule has 0 radical (unpaired) electrons. The topological polar surface area (TPSA) is 117 Å². The van der Waals surface area contributed by atoms with Crippen molar-refractivity contribution < 1.29 is 4.74 Å². The summed E-state index contributed by atoms with van der Waals surface area (Å²) in [6.45, 7) is 2.47. The fourth-order valence-electron chi connectivity index (χ4n) is 1.76. The molecule has 0 bridgehead atoms. The predicted molar refractivity (Wildman–Crippen MR) is 61.6 cm³/mol. The van der Waals surface area contributed by atoms with Crippen LogP contribution in [0.5, 0.6) is 0 Å². The Bertz CT molecular complexity index is 686. The van der Waals surface area contributed by atoms with Crippen LogP contribution in [0.25, 0.3) is 11.2 Å². The number of aromatic amines is 2. The van der Waals surface area contributed by atoms with Crippen molar-refractivity contribution in [2.75, 3.05) is 31.2 Å². The van der Waals surface area contributed by atoms with Crippen LogP contribution in [0.2, 0.25) is 0 Å². The van der Waals surface area contributed by atoms with E-state index in [9.17, 15) is 9.59 Å². The molecule has 0 unspecified atom stereocenters. The zero-order chi connectivity index (χ0) is 12.5. The summed E-state index contributed by atoms with van der Waals surface area (Å²) >= 11 is 0. The molecule has 1 aliphatic heterocycles. The van der Waals surface area contributed by atoms with Gasteiger partial charge in [0.15, 0.2) is 11.2 Å². The summed E-state index contributed by atoms with van der Waals surface area (Å²) in [4.78, 5) is 33.1. The van der Waals surface area contributed by atoms with E-state index in [1.165, 1.54) is 0 Å². The molecule has 0 atom stereocenters. The van der Waals surface area contributed by atoms with E-state index in [4.69, 9.17) is 4.74 Å². The first-order valence-electron chi connectivity index (χ1n) is 5.44. The maximum atomic E-state index is 11.6. The number of nitrogens with zero attached hydrogens (tertiary/aromatic N) is 4. The third-order valence-corrected chi connectivity index (χ3v) is 2.64. The highest BCUT2D eigenvalue weighted by Crippen LogP contribution is 2.09. The van der Waals surface area contributed by atoms with E-state index >= 15 is 0 Å². The van der Waals surface area contributed by atoms with Crippen molar-refractivity contribution in [2.45, 2.75) is 0 Å². The van der Waals surface area contributed by atoms with Crippen molar-refractivity contribution in [3.8, 4) is 0 Å². The number of morpholine rings is 1. The third-order valence-electron chi connectivity index (χ3n) is 2.64. The Morgan fingerprint density at radius 2 is 1.89 bits per heavy atom. The van der Waals surface area contributed by atoms with Crippen LogP contribution in [0.3, 0.4) is 0 Å². The van der Waals surface area contributed by atoms with Gasteiger partial charge in [-0.05, 0) is 0 Å². The molecule has 0 aliphatic carbocycles. The highest BCUT2D eigenvalue weighted by molar-refractivity contribution is 5.68. The van der Waals surface area contributed by atoms with Gasteiger partial charge in [0.2, 0.25) is 5.95 Å². The van der Waals surface area contributed by atoms with Crippen LogP contribution >= 0.6 is 0 Å². The van der Waals surface area contributed by atoms with Gasteiger partial charge in [-0.25, -0.2) is 9.78 Å². The molecule has 0 amide bonds. The number of hydrogen-bond acceptors (Lipinski definition) is 7. The molecule has 1 fully saturated rings. The smallest absolute Gasteiger partial charge is 0.327 e. The maximum absolute atomic E-state index is 11.6. The van der Waals surface area contributed by atoms with Gasteiger partial charge >= 0.3 is 5.69 Å². The second-order valence-electron chi connectivity index (χ2n) is 3.82. The number of hydrogen-bond donors (Lipinski definition) is 2. The van der Waals surface area contributed by atoms with Gasteiger partial charge in [-0.3, -0.25) is 14.8 Å². The van der Waals surface area contributed by atoms with Gasteiger partial charge < -0.3 is 9.64 Å². The monoisotopic (exact) mass is 250 g/mol. The molecule has 0 aromatic carbocycles. The van der Waals surface area contributed by atoms with Gasteiger partial charge in [-0.2, -0.15) is 0 Å². The molecule has 1 saturated heterocycles. The molecule has 3 heterocycles. The second-order valence-corrected chi connectivity index (χ2v) is 3.82. The summed E-state index contributed by atoms with van der Waals surface area (Å²) in [6.07, 6.45) is 0. The molecule has 2 aromatic heterocycles. The molecule has 2 N–H and O–H groups in total. The summed E-state index contributed by atoms with van der Waals surface area (Å²) in [7, 11) is 0. The summed E-state index contributed by atoms with van der Waals surface area (Å²) in [5.41, 5.74) is -1.03. The third kappa shape index (κ3) is 1.84. The maximum Gasteiger partial charge on any atom is 0.327 e. The molecular formula is C9H10N6O3. The SMILES string of the molecule is O=c1[nH]c(=O)c2nc(N3CCOCC3)nnc2[nH]1. The zero-order valence-electron chi connectivity index (χ0n) is 9.34. The standard InChI is InChI=1S/C9H10N6O3/c16-7-5-6(11-9(17)12-7)13-14-8(10-5)15-1-3-18-4-2-15/h1-4H2,(H2,11,12,13,16,17). The number of anilines is 1. The highest BCUT2D eigenvalue weighted by atomic mass is 16.5. The fourth-order valence-corrected chi connectivity index (χ4v) is 1.76. The fraction of sp³-hybridized carbons (Fsp3) is 0.444. The van der Waals surface area contributed by atoms with Crippen molar-refractivity contribution in [3.63, 3.8) is 0 Å². The van der Waals surface area contributed by atoms with E-state index in [1.807, 2.05) is 4.90 Å². The highest BCUT2D eigenvalue weighted by Gasteiger charge is 2.16.